The molecule has 0 aromatic heterocycles. The van der Waals surface area contributed by atoms with Crippen molar-refractivity contribution in [3.63, 3.8) is 0 Å². The summed E-state index contributed by atoms with van der Waals surface area (Å²) in [6, 6.07) is 11.2. The number of alkyl halides is 2. The minimum absolute atomic E-state index is 0.0527. The molecule has 0 aliphatic carbocycles. The van der Waals surface area contributed by atoms with Crippen molar-refractivity contribution in [2.45, 2.75) is 32.9 Å². The van der Waals surface area contributed by atoms with Crippen LogP contribution in [0.15, 0.2) is 42.5 Å². The quantitative estimate of drug-likeness (QED) is 0.783. The standard InChI is InChI=1S/C21H23F2NO4/c1-13(2)19(14-8-9-17-18(12-14)27-11-5-10-26-17)24-20(25)15-6-3-4-7-16(15)28-21(22)23/h3-4,6-9,12-13,19,21H,5,10-11H2,1-2H3,(H,24,25). The molecule has 2 aromatic rings. The lowest BCUT2D eigenvalue weighted by Crippen LogP contribution is -2.32. The highest BCUT2D eigenvalue weighted by Gasteiger charge is 2.23. The van der Waals surface area contributed by atoms with Crippen LogP contribution in [-0.4, -0.2) is 25.7 Å². The van der Waals surface area contributed by atoms with Crippen molar-refractivity contribution < 1.29 is 27.8 Å². The number of hydrogen-bond donors (Lipinski definition) is 1. The van der Waals surface area contributed by atoms with Gasteiger partial charge in [0.25, 0.3) is 5.91 Å². The van der Waals surface area contributed by atoms with Crippen LogP contribution in [-0.2, 0) is 0 Å². The Balaban J connectivity index is 1.84. The van der Waals surface area contributed by atoms with Crippen molar-refractivity contribution in [1.82, 2.24) is 5.32 Å². The molecule has 0 bridgehead atoms. The molecule has 0 fully saturated rings. The Morgan fingerprint density at radius 1 is 1.07 bits per heavy atom. The second-order valence-corrected chi connectivity index (χ2v) is 6.83. The second-order valence-electron chi connectivity index (χ2n) is 6.83. The average molecular weight is 391 g/mol. The van der Waals surface area contributed by atoms with Crippen molar-refractivity contribution in [1.29, 1.82) is 0 Å². The molecule has 28 heavy (non-hydrogen) atoms. The lowest BCUT2D eigenvalue weighted by Gasteiger charge is -2.24. The van der Waals surface area contributed by atoms with Crippen molar-refractivity contribution in [3.05, 3.63) is 53.6 Å². The van der Waals surface area contributed by atoms with E-state index in [9.17, 15) is 13.6 Å². The summed E-state index contributed by atoms with van der Waals surface area (Å²) >= 11 is 0. The summed E-state index contributed by atoms with van der Waals surface area (Å²) in [6.45, 7) is 2.09. The number of ether oxygens (including phenoxy) is 3. The maximum absolute atomic E-state index is 12.8. The van der Waals surface area contributed by atoms with Crippen molar-refractivity contribution in [2.75, 3.05) is 13.2 Å². The molecule has 0 saturated heterocycles. The smallest absolute Gasteiger partial charge is 0.387 e. The van der Waals surface area contributed by atoms with Crippen LogP contribution >= 0.6 is 0 Å². The maximum Gasteiger partial charge on any atom is 0.387 e. The molecule has 0 spiro atoms. The Hall–Kier alpha value is -2.83. The number of rotatable bonds is 6. The van der Waals surface area contributed by atoms with E-state index in [1.165, 1.54) is 18.2 Å². The van der Waals surface area contributed by atoms with Crippen molar-refractivity contribution >= 4 is 5.91 Å². The van der Waals surface area contributed by atoms with Crippen molar-refractivity contribution in [3.8, 4) is 17.2 Å². The Kier molecular flexibility index (Phi) is 6.34. The van der Waals surface area contributed by atoms with Crippen LogP contribution in [0.2, 0.25) is 0 Å². The van der Waals surface area contributed by atoms with E-state index in [0.717, 1.165) is 12.0 Å². The van der Waals surface area contributed by atoms with Crippen LogP contribution in [0.4, 0.5) is 8.78 Å². The van der Waals surface area contributed by atoms with E-state index in [4.69, 9.17) is 9.47 Å². The van der Waals surface area contributed by atoms with Crippen LogP contribution < -0.4 is 19.5 Å². The van der Waals surface area contributed by atoms with Crippen LogP contribution in [0.3, 0.4) is 0 Å². The minimum atomic E-state index is -3.00. The predicted molar refractivity (Wildman–Crippen MR) is 100 cm³/mol. The first-order valence-corrected chi connectivity index (χ1v) is 9.20. The Morgan fingerprint density at radius 3 is 2.50 bits per heavy atom. The summed E-state index contributed by atoms with van der Waals surface area (Å²) in [5.41, 5.74) is 0.905. The minimum Gasteiger partial charge on any atom is -0.490 e. The van der Waals surface area contributed by atoms with E-state index in [-0.39, 0.29) is 23.3 Å². The van der Waals surface area contributed by atoms with Gasteiger partial charge in [0, 0.05) is 6.42 Å². The molecule has 0 radical (unpaired) electrons. The van der Waals surface area contributed by atoms with Gasteiger partial charge in [0.2, 0.25) is 0 Å². The summed E-state index contributed by atoms with van der Waals surface area (Å²) in [6.07, 6.45) is 0.801. The fourth-order valence-corrected chi connectivity index (χ4v) is 3.08. The van der Waals surface area contributed by atoms with Crippen LogP contribution in [0.25, 0.3) is 0 Å². The van der Waals surface area contributed by atoms with Gasteiger partial charge in [0.05, 0.1) is 24.8 Å². The van der Waals surface area contributed by atoms with Gasteiger partial charge in [-0.1, -0.05) is 32.0 Å². The van der Waals surface area contributed by atoms with Gasteiger partial charge in [-0.05, 0) is 35.7 Å². The van der Waals surface area contributed by atoms with Gasteiger partial charge in [-0.15, -0.1) is 0 Å². The average Bonchev–Trinajstić information content (AvgIpc) is 2.90. The molecule has 1 heterocycles. The Labute approximate surface area is 162 Å². The predicted octanol–water partition coefficient (Wildman–Crippen LogP) is 4.58. The van der Waals surface area contributed by atoms with Gasteiger partial charge in [-0.3, -0.25) is 4.79 Å². The van der Waals surface area contributed by atoms with E-state index < -0.39 is 12.5 Å². The highest BCUT2D eigenvalue weighted by Crippen LogP contribution is 2.34. The summed E-state index contributed by atoms with van der Waals surface area (Å²) in [7, 11) is 0. The third kappa shape index (κ3) is 4.71. The van der Waals surface area contributed by atoms with Gasteiger partial charge in [0.15, 0.2) is 11.5 Å². The number of amides is 1. The second kappa shape index (κ2) is 8.91. The highest BCUT2D eigenvalue weighted by molar-refractivity contribution is 5.97. The van der Waals surface area contributed by atoms with E-state index >= 15 is 0 Å². The zero-order valence-corrected chi connectivity index (χ0v) is 15.8. The molecule has 7 heteroatoms. The van der Waals surface area contributed by atoms with Gasteiger partial charge in [0.1, 0.15) is 5.75 Å². The van der Waals surface area contributed by atoms with Gasteiger partial charge < -0.3 is 19.5 Å². The monoisotopic (exact) mass is 391 g/mol. The Bertz CT molecular complexity index is 826. The molecular formula is C21H23F2NO4. The molecule has 150 valence electrons. The highest BCUT2D eigenvalue weighted by atomic mass is 19.3. The van der Waals surface area contributed by atoms with E-state index in [2.05, 4.69) is 10.1 Å². The summed E-state index contributed by atoms with van der Waals surface area (Å²) in [4.78, 5) is 12.8. The SMILES string of the molecule is CC(C)C(NC(=O)c1ccccc1OC(F)F)c1ccc2c(c1)OCCCO2. The first-order chi connectivity index (χ1) is 13.5. The number of benzene rings is 2. The summed E-state index contributed by atoms with van der Waals surface area (Å²) in [5, 5.41) is 2.92. The molecule has 1 aliphatic rings. The largest absolute Gasteiger partial charge is 0.490 e. The normalized spacial score (nSPS) is 14.5. The first-order valence-electron chi connectivity index (χ1n) is 9.20. The first kappa shape index (κ1) is 19.9. The Morgan fingerprint density at radius 2 is 1.79 bits per heavy atom. The molecule has 3 rings (SSSR count). The van der Waals surface area contributed by atoms with Gasteiger partial charge in [-0.2, -0.15) is 8.78 Å². The lowest BCUT2D eigenvalue weighted by molar-refractivity contribution is -0.0501. The third-order valence-electron chi connectivity index (χ3n) is 4.43. The zero-order chi connectivity index (χ0) is 20.1. The molecule has 5 nitrogen and oxygen atoms in total. The number of para-hydroxylation sites is 1. The molecule has 0 saturated carbocycles. The number of carbonyl (C=O) groups is 1. The van der Waals surface area contributed by atoms with E-state index in [1.54, 1.807) is 6.07 Å². The molecule has 1 atom stereocenters. The van der Waals surface area contributed by atoms with Crippen LogP contribution in [0.1, 0.15) is 42.2 Å². The van der Waals surface area contributed by atoms with Gasteiger partial charge >= 0.3 is 6.61 Å². The van der Waals surface area contributed by atoms with Crippen molar-refractivity contribution in [2.24, 2.45) is 5.92 Å². The lowest BCUT2D eigenvalue weighted by atomic mass is 9.95. The molecule has 1 unspecified atom stereocenters. The molecule has 1 amide bonds. The number of nitrogens with one attached hydrogen (secondary N) is 1. The van der Waals surface area contributed by atoms with Crippen LogP contribution in [0.5, 0.6) is 17.2 Å². The number of halogens is 2. The molecule has 1 aliphatic heterocycles. The zero-order valence-electron chi connectivity index (χ0n) is 15.8. The van der Waals surface area contributed by atoms with Crippen LogP contribution in [0, 0.1) is 5.92 Å². The van der Waals surface area contributed by atoms with E-state index in [1.807, 2.05) is 32.0 Å². The third-order valence-corrected chi connectivity index (χ3v) is 4.43. The maximum atomic E-state index is 12.8. The van der Waals surface area contributed by atoms with E-state index in [0.29, 0.717) is 24.7 Å². The fraction of sp³-hybridized carbons (Fsp3) is 0.381. The molecule has 2 aromatic carbocycles. The molecular weight excluding hydrogens is 368 g/mol. The fourth-order valence-electron chi connectivity index (χ4n) is 3.08. The number of hydrogen-bond acceptors (Lipinski definition) is 4. The summed E-state index contributed by atoms with van der Waals surface area (Å²) in [5.74, 6) is 0.720. The van der Waals surface area contributed by atoms with Gasteiger partial charge in [-0.25, -0.2) is 0 Å². The number of fused-ring (bicyclic) bond motifs is 1. The molecule has 1 N–H and O–H groups in total. The summed E-state index contributed by atoms with van der Waals surface area (Å²) < 4.78 is 41.1. The number of carbonyl (C=O) groups excluding carboxylic acids is 1. The topological polar surface area (TPSA) is 56.8 Å².